The maximum Gasteiger partial charge on any atom is 0.407 e. The molecule has 21 nitrogen and oxygen atoms in total. The van der Waals surface area contributed by atoms with Gasteiger partial charge in [0.25, 0.3) is 0 Å². The van der Waals surface area contributed by atoms with Crippen LogP contribution in [0, 0.1) is 5.92 Å². The van der Waals surface area contributed by atoms with Crippen molar-refractivity contribution in [1.29, 1.82) is 0 Å². The monoisotopic (exact) mass is 1070 g/mol. The standard InChI is InChI=1S/C56H69N3O18/c1-30-25-35(57-2)42(61)50(46(30)74-53-41(59-56(66)69-28-32-17-9-4-10-18-32)44(63)49-39(73-53)29-67-51(75-49)34-21-13-6-14-22-34)77-54-45(64)48(38(26-60)72-54)76-52-40(58-55(65)68-27-31-15-7-3-8-16-31)43(62)47-37(71-52)24-23-36(70-47)33-19-11-5-12-20-33/h3-22,30,35-54,57,60-64H,23-29H2,1-2H3,(H,58,65)(H,59,66)/t30-,35+,36?,37-,38+,39+,40+,41+,42-,43+,44+,45+,46+,47+,48+,49+,50+,51?,52+,53+,54-/m0/s1. The van der Waals surface area contributed by atoms with Crippen LogP contribution in [0.3, 0.4) is 0 Å². The minimum absolute atomic E-state index is 0.0153. The number of fused-ring (bicyclic) bond motifs is 2. The molecule has 0 spiro atoms. The Morgan fingerprint density at radius 1 is 0.571 bits per heavy atom. The molecule has 2 unspecified atom stereocenters. The van der Waals surface area contributed by atoms with Crippen LogP contribution in [-0.4, -0.2) is 168 Å². The molecule has 5 aliphatic heterocycles. The zero-order valence-electron chi connectivity index (χ0n) is 42.7. The van der Waals surface area contributed by atoms with Gasteiger partial charge in [0.1, 0.15) is 80.2 Å². The molecule has 6 fully saturated rings. The van der Waals surface area contributed by atoms with Crippen molar-refractivity contribution in [3.8, 4) is 0 Å². The van der Waals surface area contributed by atoms with Crippen LogP contribution in [0.5, 0.6) is 0 Å². The third kappa shape index (κ3) is 12.7. The van der Waals surface area contributed by atoms with E-state index in [2.05, 4.69) is 16.0 Å². The SMILES string of the molecule is CN[C@@H]1C[C@H](C)[C@@H](O[C@H]2O[C@@H]3COC(c4ccccc4)O[C@H]3[C@H](O)[C@H]2NC(=O)OCc2ccccc2)[C@H](O[C@@H]2O[C@H](CO)[C@@H](O[C@H]3O[C@H]4CCC(c5ccccc5)O[C@H]4[C@H](O)[C@H]3NC(=O)OCc3ccccc3)[C@H]2O)[C@H]1O. The highest BCUT2D eigenvalue weighted by Crippen LogP contribution is 2.42. The van der Waals surface area contributed by atoms with E-state index in [1.54, 1.807) is 31.3 Å². The van der Waals surface area contributed by atoms with Crippen molar-refractivity contribution in [1.82, 2.24) is 16.0 Å². The quantitative estimate of drug-likeness (QED) is 0.0801. The van der Waals surface area contributed by atoms with Crippen LogP contribution < -0.4 is 16.0 Å². The first-order valence-corrected chi connectivity index (χ1v) is 26.4. The summed E-state index contributed by atoms with van der Waals surface area (Å²) in [5.74, 6) is -0.414. The maximum atomic E-state index is 13.6. The number of hydrogen-bond acceptors (Lipinski definition) is 19. The lowest BCUT2D eigenvalue weighted by atomic mass is 9.80. The zero-order chi connectivity index (χ0) is 53.6. The van der Waals surface area contributed by atoms with Gasteiger partial charge in [-0.1, -0.05) is 128 Å². The van der Waals surface area contributed by atoms with Crippen LogP contribution in [0.2, 0.25) is 0 Å². The summed E-state index contributed by atoms with van der Waals surface area (Å²) in [4.78, 5) is 27.0. The Balaban J connectivity index is 0.868. The summed E-state index contributed by atoms with van der Waals surface area (Å²) in [6, 6.07) is 33.7. The molecule has 0 bridgehead atoms. The predicted octanol–water partition coefficient (Wildman–Crippen LogP) is 3.00. The summed E-state index contributed by atoms with van der Waals surface area (Å²) in [5, 5.41) is 67.8. The highest BCUT2D eigenvalue weighted by molar-refractivity contribution is 5.68. The Morgan fingerprint density at radius 3 is 1.66 bits per heavy atom. The molecule has 4 aromatic rings. The van der Waals surface area contributed by atoms with Gasteiger partial charge in [0.2, 0.25) is 0 Å². The molecule has 4 aromatic carbocycles. The molecule has 21 atom stereocenters. The lowest BCUT2D eigenvalue weighted by Crippen LogP contribution is -2.68. The van der Waals surface area contributed by atoms with Crippen LogP contribution in [0.4, 0.5) is 9.59 Å². The number of ether oxygens (including phenoxy) is 11. The van der Waals surface area contributed by atoms with E-state index >= 15 is 0 Å². The molecule has 21 heteroatoms. The van der Waals surface area contributed by atoms with Crippen molar-refractivity contribution in [2.24, 2.45) is 5.92 Å². The predicted molar refractivity (Wildman–Crippen MR) is 269 cm³/mol. The Kier molecular flexibility index (Phi) is 18.1. The number of carbonyl (C=O) groups is 2. The van der Waals surface area contributed by atoms with Gasteiger partial charge >= 0.3 is 12.2 Å². The Hall–Kier alpha value is -5.18. The molecule has 5 heterocycles. The van der Waals surface area contributed by atoms with Gasteiger partial charge in [0.15, 0.2) is 25.2 Å². The molecule has 8 N–H and O–H groups in total. The fourth-order valence-electron chi connectivity index (χ4n) is 11.2. The van der Waals surface area contributed by atoms with Gasteiger partial charge < -0.3 is 93.6 Å². The minimum atomic E-state index is -1.67. The second-order valence-electron chi connectivity index (χ2n) is 20.4. The number of nitrogens with one attached hydrogen (secondary N) is 3. The van der Waals surface area contributed by atoms with Gasteiger partial charge in [-0.2, -0.15) is 0 Å². The van der Waals surface area contributed by atoms with Crippen molar-refractivity contribution in [2.75, 3.05) is 20.3 Å². The summed E-state index contributed by atoms with van der Waals surface area (Å²) in [7, 11) is 1.68. The second kappa shape index (κ2) is 25.3. The first kappa shape index (κ1) is 55.1. The molecule has 77 heavy (non-hydrogen) atoms. The molecular formula is C56H69N3O18. The van der Waals surface area contributed by atoms with E-state index in [1.807, 2.05) is 104 Å². The van der Waals surface area contributed by atoms with Gasteiger partial charge in [-0.25, -0.2) is 9.59 Å². The third-order valence-electron chi connectivity index (χ3n) is 15.3. The molecule has 1 aliphatic carbocycles. The molecule has 0 aromatic heterocycles. The summed E-state index contributed by atoms with van der Waals surface area (Å²) in [6.45, 7) is 1.04. The highest BCUT2D eigenvalue weighted by atomic mass is 16.8. The summed E-state index contributed by atoms with van der Waals surface area (Å²) < 4.78 is 68.9. The first-order valence-electron chi connectivity index (χ1n) is 26.4. The number of hydrogen-bond donors (Lipinski definition) is 8. The number of aliphatic hydroxyl groups is 5. The molecule has 6 aliphatic rings. The van der Waals surface area contributed by atoms with E-state index in [0.29, 0.717) is 24.8 Å². The molecule has 5 saturated heterocycles. The maximum absolute atomic E-state index is 13.6. The van der Waals surface area contributed by atoms with Gasteiger partial charge in [0.05, 0.1) is 37.6 Å². The summed E-state index contributed by atoms with van der Waals surface area (Å²) in [6.07, 6.45) is -20.3. The number of rotatable bonds is 16. The average molecular weight is 1070 g/mol. The van der Waals surface area contributed by atoms with Gasteiger partial charge in [-0.05, 0) is 48.9 Å². The van der Waals surface area contributed by atoms with E-state index in [-0.39, 0.29) is 25.9 Å². The van der Waals surface area contributed by atoms with E-state index in [1.165, 1.54) is 0 Å². The number of amides is 2. The number of aliphatic hydroxyl groups excluding tert-OH is 5. The summed E-state index contributed by atoms with van der Waals surface area (Å²) in [5.41, 5.74) is 3.08. The second-order valence-corrected chi connectivity index (χ2v) is 20.4. The smallest absolute Gasteiger partial charge is 0.407 e. The van der Waals surface area contributed by atoms with Gasteiger partial charge in [0, 0.05) is 11.6 Å². The van der Waals surface area contributed by atoms with Gasteiger partial charge in [-0.15, -0.1) is 0 Å². The number of alkyl carbamates (subject to hydrolysis) is 2. The van der Waals surface area contributed by atoms with E-state index in [9.17, 15) is 35.1 Å². The van der Waals surface area contributed by atoms with E-state index in [4.69, 9.17) is 52.1 Å². The Morgan fingerprint density at radius 2 is 1.09 bits per heavy atom. The number of likely N-dealkylation sites (N-methyl/N-ethyl adjacent to an activating group) is 1. The van der Waals surface area contributed by atoms with Crippen molar-refractivity contribution >= 4 is 12.2 Å². The molecule has 10 rings (SSSR count). The fraction of sp³-hybridized carbons (Fsp3) is 0.536. The molecular weight excluding hydrogens is 1000 g/mol. The minimum Gasteiger partial charge on any atom is -0.445 e. The van der Waals surface area contributed by atoms with Crippen LogP contribution in [0.1, 0.15) is 60.8 Å². The van der Waals surface area contributed by atoms with Crippen LogP contribution in [0.15, 0.2) is 121 Å². The Labute approximate surface area is 445 Å². The summed E-state index contributed by atoms with van der Waals surface area (Å²) >= 11 is 0. The fourth-order valence-corrected chi connectivity index (χ4v) is 11.2. The number of carbonyl (C=O) groups excluding carboxylic acids is 2. The molecule has 1 saturated carbocycles. The van der Waals surface area contributed by atoms with E-state index < -0.39 is 141 Å². The molecule has 0 radical (unpaired) electrons. The molecule has 2 amide bonds. The average Bonchev–Trinajstić information content (AvgIpc) is 3.82. The topological polar surface area (TPSA) is 273 Å². The van der Waals surface area contributed by atoms with Crippen molar-refractivity contribution < 1.29 is 87.2 Å². The van der Waals surface area contributed by atoms with Crippen LogP contribution in [0.25, 0.3) is 0 Å². The van der Waals surface area contributed by atoms with Crippen LogP contribution in [-0.2, 0) is 65.3 Å². The van der Waals surface area contributed by atoms with Crippen molar-refractivity contribution in [2.45, 2.75) is 162 Å². The van der Waals surface area contributed by atoms with Gasteiger partial charge in [-0.3, -0.25) is 0 Å². The van der Waals surface area contributed by atoms with Crippen LogP contribution >= 0.6 is 0 Å². The first-order chi connectivity index (χ1) is 37.5. The highest BCUT2D eigenvalue weighted by Gasteiger charge is 2.57. The third-order valence-corrected chi connectivity index (χ3v) is 15.3. The molecule has 416 valence electrons. The van der Waals surface area contributed by atoms with E-state index in [0.717, 1.165) is 16.7 Å². The normalized spacial score (nSPS) is 37.9. The largest absolute Gasteiger partial charge is 0.445 e. The zero-order valence-corrected chi connectivity index (χ0v) is 42.7. The lowest BCUT2D eigenvalue weighted by molar-refractivity contribution is -0.360. The van der Waals surface area contributed by atoms with Crippen molar-refractivity contribution in [3.05, 3.63) is 144 Å². The lowest BCUT2D eigenvalue weighted by Gasteiger charge is -2.50. The van der Waals surface area contributed by atoms with Crippen molar-refractivity contribution in [3.63, 3.8) is 0 Å². The Bertz CT molecular complexity index is 2490. The number of benzene rings is 4.